The fraction of sp³-hybridized carbons (Fsp3) is 0.286. The first-order valence-corrected chi connectivity index (χ1v) is 10.5. The van der Waals surface area contributed by atoms with Crippen LogP contribution < -0.4 is 15.4 Å². The van der Waals surface area contributed by atoms with Gasteiger partial charge >= 0.3 is 0 Å². The zero-order valence-electron chi connectivity index (χ0n) is 17.2. The minimum absolute atomic E-state index is 0.245. The average molecular weight is 456 g/mol. The molecule has 32 heavy (non-hydrogen) atoms. The first kappa shape index (κ1) is 20.7. The second kappa shape index (κ2) is 8.40. The molecule has 1 aliphatic rings. The molecular weight excluding hydrogens is 434 g/mol. The number of halogens is 1. The summed E-state index contributed by atoms with van der Waals surface area (Å²) < 4.78 is 8.80. The van der Waals surface area contributed by atoms with Crippen molar-refractivity contribution < 1.29 is 14.9 Å². The maximum Gasteiger partial charge on any atom is 0.162 e. The summed E-state index contributed by atoms with van der Waals surface area (Å²) in [5, 5.41) is 37.1. The predicted octanol–water partition coefficient (Wildman–Crippen LogP) is 1.86. The molecule has 1 aliphatic heterocycles. The Bertz CT molecular complexity index is 1260. The van der Waals surface area contributed by atoms with E-state index in [1.165, 1.54) is 0 Å². The molecule has 3 aromatic heterocycles. The normalized spacial score (nSPS) is 19.4. The van der Waals surface area contributed by atoms with E-state index >= 15 is 0 Å². The third-order valence-electron chi connectivity index (χ3n) is 5.53. The van der Waals surface area contributed by atoms with Crippen molar-refractivity contribution in [2.45, 2.75) is 18.4 Å². The topological polar surface area (TPSA) is 122 Å². The minimum atomic E-state index is -1.10. The van der Waals surface area contributed by atoms with Gasteiger partial charge in [-0.2, -0.15) is 10.2 Å². The lowest BCUT2D eigenvalue weighted by atomic mass is 10.1. The van der Waals surface area contributed by atoms with E-state index in [0.29, 0.717) is 52.0 Å². The van der Waals surface area contributed by atoms with Crippen molar-refractivity contribution in [3.8, 4) is 17.0 Å². The Balaban J connectivity index is 1.57. The molecule has 10 nitrogen and oxygen atoms in total. The van der Waals surface area contributed by atoms with Crippen LogP contribution in [-0.4, -0.2) is 60.9 Å². The summed E-state index contributed by atoms with van der Waals surface area (Å²) in [7, 11) is 1.57. The Morgan fingerprint density at radius 2 is 2.22 bits per heavy atom. The predicted molar refractivity (Wildman–Crippen MR) is 119 cm³/mol. The van der Waals surface area contributed by atoms with Crippen LogP contribution in [0.1, 0.15) is 17.8 Å². The van der Waals surface area contributed by atoms with Crippen LogP contribution in [0.15, 0.2) is 49.1 Å². The van der Waals surface area contributed by atoms with E-state index in [0.717, 1.165) is 0 Å². The highest BCUT2D eigenvalue weighted by molar-refractivity contribution is 6.31. The van der Waals surface area contributed by atoms with Crippen LogP contribution in [0.4, 0.5) is 5.69 Å². The van der Waals surface area contributed by atoms with E-state index in [9.17, 15) is 10.2 Å². The van der Waals surface area contributed by atoms with Crippen molar-refractivity contribution >= 4 is 22.9 Å². The van der Waals surface area contributed by atoms with Crippen LogP contribution in [0.2, 0.25) is 5.02 Å². The number of rotatable bonds is 6. The molecule has 0 aliphatic carbocycles. The largest absolute Gasteiger partial charge is 0.496 e. The number of aromatic nitrogens is 5. The number of hydrogen-bond acceptors (Lipinski definition) is 8. The van der Waals surface area contributed by atoms with E-state index in [1.807, 2.05) is 0 Å². The summed E-state index contributed by atoms with van der Waals surface area (Å²) in [6.07, 6.45) is 5.05. The van der Waals surface area contributed by atoms with E-state index in [-0.39, 0.29) is 6.04 Å². The van der Waals surface area contributed by atoms with Gasteiger partial charge in [-0.3, -0.25) is 4.68 Å². The standard InChI is InChI=1S/C21H22ClN7O3/c1-32-18-4-3-12(22)7-13(18)19-15(11-29(27-19)16-9-23-10-17(16)30)26-21(31)14-8-25-28-6-2-5-24-20(14)28/h2-8,11,16-17,21,23,26,30-31H,9-10H2,1H3. The van der Waals surface area contributed by atoms with Crippen LogP contribution in [0, 0.1) is 0 Å². The molecule has 5 rings (SSSR count). The first-order chi connectivity index (χ1) is 15.5. The van der Waals surface area contributed by atoms with Gasteiger partial charge in [-0.15, -0.1) is 0 Å². The van der Waals surface area contributed by atoms with Crippen molar-refractivity contribution in [3.05, 3.63) is 59.6 Å². The number of methoxy groups -OCH3 is 1. The molecule has 3 atom stereocenters. The maximum atomic E-state index is 11.0. The summed E-state index contributed by atoms with van der Waals surface area (Å²) in [4.78, 5) is 4.30. The average Bonchev–Trinajstić information content (AvgIpc) is 3.51. The number of benzene rings is 1. The molecule has 1 fully saturated rings. The third-order valence-corrected chi connectivity index (χ3v) is 5.77. The molecule has 0 saturated carbocycles. The molecule has 166 valence electrons. The van der Waals surface area contributed by atoms with Gasteiger partial charge in [0.15, 0.2) is 11.9 Å². The van der Waals surface area contributed by atoms with Gasteiger partial charge in [-0.1, -0.05) is 11.6 Å². The van der Waals surface area contributed by atoms with Crippen LogP contribution in [0.3, 0.4) is 0 Å². The molecule has 3 unspecified atom stereocenters. The summed E-state index contributed by atoms with van der Waals surface area (Å²) in [5.41, 5.74) is 2.80. The summed E-state index contributed by atoms with van der Waals surface area (Å²) in [6, 6.07) is 6.77. The van der Waals surface area contributed by atoms with Crippen LogP contribution in [0.5, 0.6) is 5.75 Å². The highest BCUT2D eigenvalue weighted by atomic mass is 35.5. The lowest BCUT2D eigenvalue weighted by molar-refractivity contribution is 0.145. The Labute approximate surface area is 188 Å². The molecule has 4 N–H and O–H groups in total. The molecule has 0 bridgehead atoms. The number of hydrogen-bond donors (Lipinski definition) is 4. The number of nitrogens with zero attached hydrogens (tertiary/aromatic N) is 5. The lowest BCUT2D eigenvalue weighted by Gasteiger charge is -2.14. The van der Waals surface area contributed by atoms with E-state index in [2.05, 4.69) is 20.7 Å². The van der Waals surface area contributed by atoms with Crippen molar-refractivity contribution in [1.29, 1.82) is 0 Å². The fourth-order valence-corrected chi connectivity index (χ4v) is 4.09. The third kappa shape index (κ3) is 3.67. The molecule has 0 spiro atoms. The van der Waals surface area contributed by atoms with Gasteiger partial charge < -0.3 is 25.6 Å². The fourth-order valence-electron chi connectivity index (χ4n) is 3.92. The lowest BCUT2D eigenvalue weighted by Crippen LogP contribution is -2.22. The molecule has 1 aromatic carbocycles. The van der Waals surface area contributed by atoms with E-state index in [4.69, 9.17) is 21.4 Å². The van der Waals surface area contributed by atoms with Crippen molar-refractivity contribution in [3.63, 3.8) is 0 Å². The molecule has 4 heterocycles. The molecule has 1 saturated heterocycles. The SMILES string of the molecule is COc1ccc(Cl)cc1-c1nn(C2CNCC2O)cc1NC(O)c1cnn2cccnc12. The van der Waals surface area contributed by atoms with Crippen LogP contribution in [0.25, 0.3) is 16.9 Å². The first-order valence-electron chi connectivity index (χ1n) is 10.1. The Kier molecular flexibility index (Phi) is 5.43. The van der Waals surface area contributed by atoms with E-state index < -0.39 is 12.3 Å². The van der Waals surface area contributed by atoms with Crippen LogP contribution in [-0.2, 0) is 0 Å². The van der Waals surface area contributed by atoms with Crippen molar-refractivity contribution in [2.24, 2.45) is 0 Å². The molecule has 0 amide bonds. The van der Waals surface area contributed by atoms with Gasteiger partial charge in [0, 0.05) is 42.3 Å². The quantitative estimate of drug-likeness (QED) is 0.325. The zero-order valence-corrected chi connectivity index (χ0v) is 17.9. The smallest absolute Gasteiger partial charge is 0.162 e. The number of aliphatic hydroxyl groups is 2. The zero-order chi connectivity index (χ0) is 22.2. The number of fused-ring (bicyclic) bond motifs is 1. The van der Waals surface area contributed by atoms with Gasteiger partial charge in [0.05, 0.1) is 36.7 Å². The molecule has 4 aromatic rings. The van der Waals surface area contributed by atoms with Crippen molar-refractivity contribution in [1.82, 2.24) is 29.7 Å². The highest BCUT2D eigenvalue weighted by Gasteiger charge is 2.29. The summed E-state index contributed by atoms with van der Waals surface area (Å²) in [6.45, 7) is 1.06. The molecule has 0 radical (unpaired) electrons. The highest BCUT2D eigenvalue weighted by Crippen LogP contribution is 2.38. The van der Waals surface area contributed by atoms with Gasteiger partial charge in [0.2, 0.25) is 0 Å². The Morgan fingerprint density at radius 1 is 1.34 bits per heavy atom. The maximum absolute atomic E-state index is 11.0. The number of anilines is 1. The van der Waals surface area contributed by atoms with Gasteiger partial charge in [0.1, 0.15) is 11.4 Å². The molecule has 11 heteroatoms. The molecular formula is C21H22ClN7O3. The van der Waals surface area contributed by atoms with E-state index in [1.54, 1.807) is 65.4 Å². The number of nitrogens with one attached hydrogen (secondary N) is 2. The Hall–Kier alpha value is -3.18. The summed E-state index contributed by atoms with van der Waals surface area (Å²) in [5.74, 6) is 0.583. The number of β-amino-alcohol motifs (C(OH)–C–C–N with tert-alkyl or cyclic N) is 1. The van der Waals surface area contributed by atoms with Gasteiger partial charge in [-0.25, -0.2) is 9.50 Å². The van der Waals surface area contributed by atoms with Crippen molar-refractivity contribution in [2.75, 3.05) is 25.5 Å². The second-order valence-corrected chi connectivity index (χ2v) is 7.98. The summed E-state index contributed by atoms with van der Waals surface area (Å²) >= 11 is 6.26. The Morgan fingerprint density at radius 3 is 3.00 bits per heavy atom. The second-order valence-electron chi connectivity index (χ2n) is 7.54. The monoisotopic (exact) mass is 455 g/mol. The number of aliphatic hydroxyl groups excluding tert-OH is 2. The number of ether oxygens (including phenoxy) is 1. The van der Waals surface area contributed by atoms with Gasteiger partial charge in [0.25, 0.3) is 0 Å². The minimum Gasteiger partial charge on any atom is -0.496 e. The van der Waals surface area contributed by atoms with Gasteiger partial charge in [-0.05, 0) is 24.3 Å². The van der Waals surface area contributed by atoms with Crippen LogP contribution >= 0.6 is 11.6 Å².